The molecule has 3 saturated carbocycles. The smallest absolute Gasteiger partial charge is 0.161 e. The Morgan fingerprint density at radius 1 is 1.16 bits per heavy atom. The molecule has 0 saturated heterocycles. The Morgan fingerprint density at radius 3 is 2.68 bits per heavy atom. The average molecular weight is 344 g/mol. The lowest BCUT2D eigenvalue weighted by Gasteiger charge is -2.59. The van der Waals surface area contributed by atoms with Crippen LogP contribution >= 0.6 is 0 Å². The average Bonchev–Trinajstić information content (AvgIpc) is 2.98. The highest BCUT2D eigenvalue weighted by atomic mass is 16.3. The summed E-state index contributed by atoms with van der Waals surface area (Å²) in [4.78, 5) is 24.3. The van der Waals surface area contributed by atoms with Crippen LogP contribution in [0.25, 0.3) is 0 Å². The Hall–Kier alpha value is -0.960. The molecule has 4 aliphatic carbocycles. The van der Waals surface area contributed by atoms with E-state index in [0.29, 0.717) is 30.0 Å². The summed E-state index contributed by atoms with van der Waals surface area (Å²) in [5.41, 5.74) is 1.77. The van der Waals surface area contributed by atoms with Gasteiger partial charge in [-0.3, -0.25) is 9.59 Å². The lowest BCUT2D eigenvalue weighted by atomic mass is 9.45. The van der Waals surface area contributed by atoms with Gasteiger partial charge < -0.3 is 5.11 Å². The molecule has 6 atom stereocenters. The molecule has 3 nitrogen and oxygen atoms in total. The molecule has 0 spiro atoms. The van der Waals surface area contributed by atoms with Crippen molar-refractivity contribution in [3.63, 3.8) is 0 Å². The third kappa shape index (κ3) is 2.34. The van der Waals surface area contributed by atoms with Crippen molar-refractivity contribution < 1.29 is 14.7 Å². The van der Waals surface area contributed by atoms with Crippen LogP contribution in [0.4, 0.5) is 0 Å². The van der Waals surface area contributed by atoms with Crippen LogP contribution in [0.1, 0.15) is 71.6 Å². The first-order valence-electron chi connectivity index (χ1n) is 10.3. The van der Waals surface area contributed by atoms with Crippen LogP contribution in [0, 0.1) is 34.5 Å². The molecule has 0 aliphatic heterocycles. The summed E-state index contributed by atoms with van der Waals surface area (Å²) in [6.45, 7) is 4.34. The topological polar surface area (TPSA) is 54.4 Å². The Kier molecular flexibility index (Phi) is 4.22. The summed E-state index contributed by atoms with van der Waals surface area (Å²) in [5.74, 6) is 2.45. The molecule has 0 heterocycles. The Balaban J connectivity index is 1.67. The Morgan fingerprint density at radius 2 is 1.96 bits per heavy atom. The van der Waals surface area contributed by atoms with Crippen molar-refractivity contribution in [2.24, 2.45) is 34.5 Å². The fraction of sp³-hybridized carbons (Fsp3) is 0.818. The highest BCUT2D eigenvalue weighted by molar-refractivity contribution is 5.91. The number of allylic oxidation sites excluding steroid dienone is 1. The van der Waals surface area contributed by atoms with Gasteiger partial charge in [0.15, 0.2) is 11.6 Å². The molecule has 0 aromatic carbocycles. The van der Waals surface area contributed by atoms with Crippen LogP contribution in [0.15, 0.2) is 11.6 Å². The fourth-order valence-corrected chi connectivity index (χ4v) is 7.67. The van der Waals surface area contributed by atoms with Crippen molar-refractivity contribution >= 4 is 11.6 Å². The van der Waals surface area contributed by atoms with Crippen molar-refractivity contribution in [2.75, 3.05) is 6.61 Å². The van der Waals surface area contributed by atoms with Gasteiger partial charge >= 0.3 is 0 Å². The monoisotopic (exact) mass is 344 g/mol. The predicted molar refractivity (Wildman–Crippen MR) is 96.9 cm³/mol. The number of aliphatic hydroxyl groups excluding tert-OH is 1. The van der Waals surface area contributed by atoms with Gasteiger partial charge in [-0.05, 0) is 86.0 Å². The molecular formula is C22H32O3. The molecule has 25 heavy (non-hydrogen) atoms. The van der Waals surface area contributed by atoms with E-state index < -0.39 is 0 Å². The molecule has 3 fully saturated rings. The van der Waals surface area contributed by atoms with Gasteiger partial charge in [-0.15, -0.1) is 0 Å². The summed E-state index contributed by atoms with van der Waals surface area (Å²) >= 11 is 0. The van der Waals surface area contributed by atoms with Gasteiger partial charge in [0.05, 0.1) is 0 Å². The lowest BCUT2D eigenvalue weighted by Crippen LogP contribution is -2.52. The Bertz CT molecular complexity index is 621. The minimum atomic E-state index is -0.297. The number of ketones is 2. The number of Topliss-reactive ketones (excluding diaryl/α,β-unsaturated/α-hetero) is 1. The van der Waals surface area contributed by atoms with Crippen LogP contribution in [0.3, 0.4) is 0 Å². The summed E-state index contributed by atoms with van der Waals surface area (Å²) in [5, 5.41) is 9.40. The second-order valence-electron chi connectivity index (χ2n) is 9.36. The van der Waals surface area contributed by atoms with Crippen LogP contribution in [-0.4, -0.2) is 23.3 Å². The van der Waals surface area contributed by atoms with E-state index >= 15 is 0 Å². The van der Waals surface area contributed by atoms with Gasteiger partial charge in [-0.1, -0.05) is 19.4 Å². The lowest BCUT2D eigenvalue weighted by molar-refractivity contribution is -0.133. The first kappa shape index (κ1) is 17.5. The molecule has 0 unspecified atom stereocenters. The molecule has 0 aromatic rings. The summed E-state index contributed by atoms with van der Waals surface area (Å²) < 4.78 is 0. The quantitative estimate of drug-likeness (QED) is 0.839. The summed E-state index contributed by atoms with van der Waals surface area (Å²) in [7, 11) is 0. The van der Waals surface area contributed by atoms with Gasteiger partial charge in [-0.25, -0.2) is 0 Å². The molecule has 0 radical (unpaired) electrons. The standard InChI is InChI=1S/C22H32O3/c1-3-22-11-8-15(24)12-14(22)4-5-16-17-6-7-19(20(25)13-23)21(17,2)10-9-18(16)22/h12,16-19,23H,3-11,13H2,1-2H3/t16-,17-,18-,19+,21-,22-/m0/s1. The van der Waals surface area contributed by atoms with Crippen LogP contribution in [-0.2, 0) is 9.59 Å². The highest BCUT2D eigenvalue weighted by Gasteiger charge is 2.60. The molecule has 0 bridgehead atoms. The van der Waals surface area contributed by atoms with Crippen molar-refractivity contribution in [1.82, 2.24) is 0 Å². The molecule has 4 rings (SSSR count). The second kappa shape index (κ2) is 6.04. The van der Waals surface area contributed by atoms with Crippen LogP contribution in [0.2, 0.25) is 0 Å². The highest BCUT2D eigenvalue weighted by Crippen LogP contribution is 2.67. The minimum absolute atomic E-state index is 0.0610. The summed E-state index contributed by atoms with van der Waals surface area (Å²) in [6, 6.07) is 0. The van der Waals surface area contributed by atoms with E-state index in [9.17, 15) is 14.7 Å². The molecule has 0 amide bonds. The number of carbonyl (C=O) groups is 2. The third-order valence-electron chi connectivity index (χ3n) is 8.86. The number of aliphatic hydroxyl groups is 1. The largest absolute Gasteiger partial charge is 0.389 e. The maximum atomic E-state index is 12.3. The molecule has 138 valence electrons. The molecule has 3 heteroatoms. The number of hydrogen-bond donors (Lipinski definition) is 1. The van der Waals surface area contributed by atoms with E-state index in [1.807, 2.05) is 6.08 Å². The first-order chi connectivity index (χ1) is 12.0. The van der Waals surface area contributed by atoms with Gasteiger partial charge in [0.2, 0.25) is 0 Å². The van der Waals surface area contributed by atoms with Crippen molar-refractivity contribution in [3.8, 4) is 0 Å². The molecule has 0 aromatic heterocycles. The predicted octanol–water partition coefficient (Wildman–Crippen LogP) is 4.09. The maximum absolute atomic E-state index is 12.3. The van der Waals surface area contributed by atoms with E-state index in [1.165, 1.54) is 18.4 Å². The maximum Gasteiger partial charge on any atom is 0.161 e. The van der Waals surface area contributed by atoms with Crippen molar-refractivity contribution in [1.29, 1.82) is 0 Å². The molecule has 4 aliphatic rings. The van der Waals surface area contributed by atoms with E-state index in [-0.39, 0.29) is 29.1 Å². The Labute approximate surface area is 151 Å². The number of rotatable bonds is 3. The van der Waals surface area contributed by atoms with Crippen molar-refractivity contribution in [3.05, 3.63) is 11.6 Å². The van der Waals surface area contributed by atoms with E-state index in [1.54, 1.807) is 0 Å². The normalized spacial score (nSPS) is 46.0. The minimum Gasteiger partial charge on any atom is -0.389 e. The van der Waals surface area contributed by atoms with Crippen molar-refractivity contribution in [2.45, 2.75) is 71.6 Å². The third-order valence-corrected chi connectivity index (χ3v) is 8.86. The second-order valence-corrected chi connectivity index (χ2v) is 9.36. The number of carbonyl (C=O) groups excluding carboxylic acids is 2. The van der Waals surface area contributed by atoms with Crippen LogP contribution in [0.5, 0.6) is 0 Å². The van der Waals surface area contributed by atoms with Gasteiger partial charge in [0, 0.05) is 12.3 Å². The zero-order chi connectivity index (χ0) is 17.8. The zero-order valence-corrected chi connectivity index (χ0v) is 15.7. The van der Waals surface area contributed by atoms with Gasteiger partial charge in [0.1, 0.15) is 6.61 Å². The first-order valence-corrected chi connectivity index (χ1v) is 10.3. The SMILES string of the molecule is CC[C@]12CCC(=O)C=C1CC[C@@H]1[C@@H]2CC[C@]2(C)[C@@H](C(=O)CO)CC[C@@H]12. The number of hydrogen-bond acceptors (Lipinski definition) is 3. The van der Waals surface area contributed by atoms with E-state index in [2.05, 4.69) is 13.8 Å². The van der Waals surface area contributed by atoms with E-state index in [0.717, 1.165) is 38.5 Å². The molecule has 1 N–H and O–H groups in total. The van der Waals surface area contributed by atoms with Gasteiger partial charge in [-0.2, -0.15) is 0 Å². The number of fused-ring (bicyclic) bond motifs is 5. The van der Waals surface area contributed by atoms with Crippen LogP contribution < -0.4 is 0 Å². The van der Waals surface area contributed by atoms with Gasteiger partial charge in [0.25, 0.3) is 0 Å². The summed E-state index contributed by atoms with van der Waals surface area (Å²) in [6.07, 6.45) is 11.6. The molecular weight excluding hydrogens is 312 g/mol. The van der Waals surface area contributed by atoms with E-state index in [4.69, 9.17) is 0 Å². The fourth-order valence-electron chi connectivity index (χ4n) is 7.67. The zero-order valence-electron chi connectivity index (χ0n) is 15.7.